The number of carbonyl (C=O) groups is 1. The molecule has 0 aromatic heterocycles. The largest absolute Gasteiger partial charge is 0.465 e. The van der Waals surface area contributed by atoms with Crippen LogP contribution < -0.4 is 10.6 Å². The minimum atomic E-state index is -1.00. The fraction of sp³-hybridized carbons (Fsp3) is 0.333. The van der Waals surface area contributed by atoms with Gasteiger partial charge in [-0.3, -0.25) is 0 Å². The molecular formula is C21H25N3O2. The van der Waals surface area contributed by atoms with Gasteiger partial charge < -0.3 is 15.7 Å². The lowest BCUT2D eigenvalue weighted by Gasteiger charge is -2.19. The van der Waals surface area contributed by atoms with Crippen LogP contribution in [0, 0.1) is 11.3 Å². The Balaban J connectivity index is 2.14. The third-order valence-electron chi connectivity index (χ3n) is 4.25. The first kappa shape index (κ1) is 19.5. The Morgan fingerprint density at radius 1 is 1.15 bits per heavy atom. The molecule has 2 aromatic carbocycles. The third-order valence-corrected chi connectivity index (χ3v) is 4.25. The van der Waals surface area contributed by atoms with E-state index in [4.69, 9.17) is 10.4 Å². The number of hydrogen-bond donors (Lipinski definition) is 3. The molecule has 0 aliphatic carbocycles. The molecule has 0 fully saturated rings. The summed E-state index contributed by atoms with van der Waals surface area (Å²) in [6, 6.07) is 18.2. The molecule has 2 rings (SSSR count). The number of benzene rings is 2. The topological polar surface area (TPSA) is 85.2 Å². The predicted molar refractivity (Wildman–Crippen MR) is 103 cm³/mol. The SMILES string of the molecule is CC(C)NCC[C@@H](CNC(=O)O)c1ccc(-c2cccc(C#N)c2)cc1. The first-order valence-corrected chi connectivity index (χ1v) is 8.80. The molecule has 0 spiro atoms. The van der Waals surface area contributed by atoms with Gasteiger partial charge in [0.25, 0.3) is 0 Å². The van der Waals surface area contributed by atoms with Crippen molar-refractivity contribution in [2.75, 3.05) is 13.1 Å². The molecule has 0 bridgehead atoms. The van der Waals surface area contributed by atoms with Crippen LogP contribution >= 0.6 is 0 Å². The van der Waals surface area contributed by atoms with Crippen LogP contribution in [-0.2, 0) is 0 Å². The summed E-state index contributed by atoms with van der Waals surface area (Å²) in [6.07, 6.45) is -0.154. The van der Waals surface area contributed by atoms with Gasteiger partial charge in [0.2, 0.25) is 0 Å². The number of carboxylic acid groups (broad SMARTS) is 1. The van der Waals surface area contributed by atoms with Crippen molar-refractivity contribution >= 4 is 6.09 Å². The average molecular weight is 351 g/mol. The van der Waals surface area contributed by atoms with E-state index < -0.39 is 6.09 Å². The molecule has 0 aliphatic rings. The Kier molecular flexibility index (Phi) is 7.19. The molecule has 136 valence electrons. The number of amides is 1. The zero-order valence-corrected chi connectivity index (χ0v) is 15.2. The molecule has 0 saturated carbocycles. The van der Waals surface area contributed by atoms with Crippen molar-refractivity contribution in [1.29, 1.82) is 5.26 Å². The fourth-order valence-electron chi connectivity index (χ4n) is 2.86. The lowest BCUT2D eigenvalue weighted by Crippen LogP contribution is -2.30. The van der Waals surface area contributed by atoms with Crippen LogP contribution in [0.5, 0.6) is 0 Å². The molecule has 0 heterocycles. The Labute approximate surface area is 154 Å². The van der Waals surface area contributed by atoms with E-state index in [-0.39, 0.29) is 5.92 Å². The number of nitrogens with zero attached hydrogens (tertiary/aromatic N) is 1. The summed E-state index contributed by atoms with van der Waals surface area (Å²) < 4.78 is 0. The zero-order valence-electron chi connectivity index (χ0n) is 15.2. The number of nitrogens with one attached hydrogen (secondary N) is 2. The highest BCUT2D eigenvalue weighted by molar-refractivity contribution is 5.66. The van der Waals surface area contributed by atoms with E-state index in [1.807, 2.05) is 42.5 Å². The van der Waals surface area contributed by atoms with Crippen LogP contribution in [0.15, 0.2) is 48.5 Å². The van der Waals surface area contributed by atoms with E-state index in [1.165, 1.54) is 0 Å². The van der Waals surface area contributed by atoms with Gasteiger partial charge in [-0.2, -0.15) is 5.26 Å². The first-order valence-electron chi connectivity index (χ1n) is 8.80. The molecule has 5 nitrogen and oxygen atoms in total. The van der Waals surface area contributed by atoms with Crippen molar-refractivity contribution in [2.24, 2.45) is 0 Å². The van der Waals surface area contributed by atoms with E-state index in [1.54, 1.807) is 6.07 Å². The molecule has 0 aliphatic heterocycles. The molecule has 0 radical (unpaired) electrons. The Morgan fingerprint density at radius 2 is 1.88 bits per heavy atom. The number of nitriles is 1. The smallest absolute Gasteiger partial charge is 0.404 e. The predicted octanol–water partition coefficient (Wildman–Crippen LogP) is 3.96. The van der Waals surface area contributed by atoms with E-state index >= 15 is 0 Å². The van der Waals surface area contributed by atoms with E-state index in [9.17, 15) is 4.79 Å². The lowest BCUT2D eigenvalue weighted by molar-refractivity contribution is 0.193. The summed E-state index contributed by atoms with van der Waals surface area (Å²) >= 11 is 0. The van der Waals surface area contributed by atoms with Crippen molar-refractivity contribution in [3.8, 4) is 17.2 Å². The Bertz CT molecular complexity index is 764. The Hall–Kier alpha value is -2.84. The van der Waals surface area contributed by atoms with Crippen LogP contribution in [0.3, 0.4) is 0 Å². The second-order valence-electron chi connectivity index (χ2n) is 6.60. The third kappa shape index (κ3) is 5.91. The highest BCUT2D eigenvalue weighted by atomic mass is 16.4. The van der Waals surface area contributed by atoms with Gasteiger partial charge in [-0.1, -0.05) is 50.2 Å². The van der Waals surface area contributed by atoms with Gasteiger partial charge in [-0.15, -0.1) is 0 Å². The maximum Gasteiger partial charge on any atom is 0.404 e. The summed E-state index contributed by atoms with van der Waals surface area (Å²) in [5, 5.41) is 23.8. The minimum absolute atomic E-state index is 0.108. The van der Waals surface area contributed by atoms with Crippen LogP contribution in [0.1, 0.15) is 37.3 Å². The van der Waals surface area contributed by atoms with Crippen LogP contribution in [0.4, 0.5) is 4.79 Å². The van der Waals surface area contributed by atoms with Gasteiger partial charge in [0.05, 0.1) is 11.6 Å². The van der Waals surface area contributed by atoms with Gasteiger partial charge in [0.15, 0.2) is 0 Å². The number of hydrogen-bond acceptors (Lipinski definition) is 3. The van der Waals surface area contributed by atoms with Gasteiger partial charge >= 0.3 is 6.09 Å². The van der Waals surface area contributed by atoms with E-state index in [0.29, 0.717) is 18.2 Å². The molecular weight excluding hydrogens is 326 g/mol. The second-order valence-corrected chi connectivity index (χ2v) is 6.60. The summed E-state index contributed by atoms with van der Waals surface area (Å²) in [4.78, 5) is 10.9. The van der Waals surface area contributed by atoms with Gasteiger partial charge in [-0.25, -0.2) is 4.79 Å². The molecule has 0 unspecified atom stereocenters. The summed E-state index contributed by atoms with van der Waals surface area (Å²) in [5.41, 5.74) is 3.77. The standard InChI is InChI=1S/C21H25N3O2/c1-15(2)23-11-10-20(14-24-21(25)26)18-8-6-17(7-9-18)19-5-3-4-16(12-19)13-22/h3-9,12,15,20,23-24H,10-11,14H2,1-2H3,(H,25,26)/t20-/m0/s1. The maximum atomic E-state index is 10.9. The summed E-state index contributed by atoms with van der Waals surface area (Å²) in [7, 11) is 0. The van der Waals surface area contributed by atoms with Crippen molar-refractivity contribution in [3.63, 3.8) is 0 Å². The molecule has 5 heteroatoms. The van der Waals surface area contributed by atoms with Gasteiger partial charge in [0.1, 0.15) is 0 Å². The Morgan fingerprint density at radius 3 is 2.50 bits per heavy atom. The average Bonchev–Trinajstić information content (AvgIpc) is 2.64. The lowest BCUT2D eigenvalue weighted by atomic mass is 9.93. The van der Waals surface area contributed by atoms with Crippen molar-refractivity contribution in [1.82, 2.24) is 10.6 Å². The number of rotatable bonds is 8. The van der Waals surface area contributed by atoms with E-state index in [0.717, 1.165) is 29.7 Å². The quantitative estimate of drug-likeness (QED) is 0.672. The minimum Gasteiger partial charge on any atom is -0.465 e. The zero-order chi connectivity index (χ0) is 18.9. The van der Waals surface area contributed by atoms with Crippen LogP contribution in [0.25, 0.3) is 11.1 Å². The molecule has 2 aromatic rings. The fourth-order valence-corrected chi connectivity index (χ4v) is 2.86. The molecule has 0 saturated heterocycles. The van der Waals surface area contributed by atoms with Crippen LogP contribution in [-0.4, -0.2) is 30.3 Å². The summed E-state index contributed by atoms with van der Waals surface area (Å²) in [6.45, 7) is 5.40. The second kappa shape index (κ2) is 9.59. The van der Waals surface area contributed by atoms with E-state index in [2.05, 4.69) is 30.6 Å². The van der Waals surface area contributed by atoms with Crippen LogP contribution in [0.2, 0.25) is 0 Å². The maximum absolute atomic E-state index is 10.9. The molecule has 3 N–H and O–H groups in total. The monoisotopic (exact) mass is 351 g/mol. The molecule has 1 amide bonds. The van der Waals surface area contributed by atoms with Gasteiger partial charge in [0, 0.05) is 18.5 Å². The highest BCUT2D eigenvalue weighted by Crippen LogP contribution is 2.25. The van der Waals surface area contributed by atoms with Crippen molar-refractivity contribution in [2.45, 2.75) is 32.2 Å². The molecule has 26 heavy (non-hydrogen) atoms. The highest BCUT2D eigenvalue weighted by Gasteiger charge is 2.13. The van der Waals surface area contributed by atoms with Crippen molar-refractivity contribution < 1.29 is 9.90 Å². The normalized spacial score (nSPS) is 11.8. The van der Waals surface area contributed by atoms with Gasteiger partial charge in [-0.05, 0) is 41.8 Å². The van der Waals surface area contributed by atoms with Crippen molar-refractivity contribution in [3.05, 3.63) is 59.7 Å². The first-order chi connectivity index (χ1) is 12.5. The summed E-state index contributed by atoms with van der Waals surface area (Å²) in [5.74, 6) is 0.108. The molecule has 1 atom stereocenters.